The summed E-state index contributed by atoms with van der Waals surface area (Å²) in [6, 6.07) is 5.32. The molecule has 98 valence electrons. The van der Waals surface area contributed by atoms with Crippen LogP contribution in [0.15, 0.2) is 24.3 Å². The zero-order chi connectivity index (χ0) is 13.9. The summed E-state index contributed by atoms with van der Waals surface area (Å²) in [6.45, 7) is 5.39. The van der Waals surface area contributed by atoms with E-state index in [1.165, 1.54) is 24.3 Å². The highest BCUT2D eigenvalue weighted by Gasteiger charge is 2.22. The molecule has 1 unspecified atom stereocenters. The molecule has 0 aliphatic heterocycles. The lowest BCUT2D eigenvalue weighted by atomic mass is 10.1. The van der Waals surface area contributed by atoms with E-state index in [-0.39, 0.29) is 17.2 Å². The maximum atomic E-state index is 11.8. The summed E-state index contributed by atoms with van der Waals surface area (Å²) in [7, 11) is -1.27. The van der Waals surface area contributed by atoms with E-state index in [2.05, 4.69) is 0 Å². The van der Waals surface area contributed by atoms with Gasteiger partial charge in [0.2, 0.25) is 0 Å². The lowest BCUT2D eigenvalue weighted by Gasteiger charge is -2.16. The second kappa shape index (κ2) is 5.39. The Morgan fingerprint density at radius 3 is 2.17 bits per heavy atom. The minimum Gasteiger partial charge on any atom is -0.293 e. The van der Waals surface area contributed by atoms with Crippen molar-refractivity contribution in [1.29, 1.82) is 0 Å². The van der Waals surface area contributed by atoms with Crippen molar-refractivity contribution < 1.29 is 13.9 Å². The molecule has 0 heterocycles. The number of carbonyl (C=O) groups is 1. The highest BCUT2D eigenvalue weighted by Crippen LogP contribution is 2.15. The van der Waals surface area contributed by atoms with Gasteiger partial charge in [0, 0.05) is 33.2 Å². The van der Waals surface area contributed by atoms with Crippen LogP contribution in [0, 0.1) is 10.1 Å². The summed E-state index contributed by atoms with van der Waals surface area (Å²) in [5.74, 6) is -0.334. The van der Waals surface area contributed by atoms with Crippen LogP contribution in [0.25, 0.3) is 0 Å². The van der Waals surface area contributed by atoms with Gasteiger partial charge in [0.1, 0.15) is 0 Å². The summed E-state index contributed by atoms with van der Waals surface area (Å²) in [4.78, 5) is 21.8. The Labute approximate surface area is 108 Å². The number of rotatable bonds is 4. The summed E-state index contributed by atoms with van der Waals surface area (Å²) in [5, 5.41) is 10.5. The van der Waals surface area contributed by atoms with Crippen LogP contribution in [0.3, 0.4) is 0 Å². The second-order valence-corrected chi connectivity index (χ2v) is 7.03. The number of non-ortho nitro benzene ring substituents is 1. The standard InChI is InChI=1S/C12H15NO4S/c1-12(2,3)18(17)8-11(14)9-4-6-10(7-5-9)13(15)16/h4-7H,8H2,1-3H3. The highest BCUT2D eigenvalue weighted by molar-refractivity contribution is 7.87. The van der Waals surface area contributed by atoms with Crippen LogP contribution in [-0.4, -0.2) is 25.4 Å². The van der Waals surface area contributed by atoms with Crippen LogP contribution >= 0.6 is 0 Å². The van der Waals surface area contributed by atoms with Gasteiger partial charge in [0.05, 0.1) is 10.7 Å². The van der Waals surface area contributed by atoms with Crippen LogP contribution in [0.1, 0.15) is 31.1 Å². The van der Waals surface area contributed by atoms with Crippen molar-refractivity contribution in [3.63, 3.8) is 0 Å². The van der Waals surface area contributed by atoms with E-state index in [0.717, 1.165) is 0 Å². The van der Waals surface area contributed by atoms with Gasteiger partial charge >= 0.3 is 0 Å². The van der Waals surface area contributed by atoms with Gasteiger partial charge in [-0.1, -0.05) is 0 Å². The number of Topliss-reactive ketones (excluding diaryl/α,β-unsaturated/α-hetero) is 1. The van der Waals surface area contributed by atoms with Gasteiger partial charge in [-0.3, -0.25) is 19.1 Å². The monoisotopic (exact) mass is 269 g/mol. The number of ketones is 1. The predicted molar refractivity (Wildman–Crippen MR) is 70.2 cm³/mol. The number of benzene rings is 1. The molecule has 0 saturated carbocycles. The molecule has 6 heteroatoms. The van der Waals surface area contributed by atoms with E-state index in [4.69, 9.17) is 0 Å². The Hall–Kier alpha value is -1.56. The topological polar surface area (TPSA) is 77.3 Å². The van der Waals surface area contributed by atoms with Crippen LogP contribution in [0.2, 0.25) is 0 Å². The van der Waals surface area contributed by atoms with Gasteiger partial charge in [-0.2, -0.15) is 0 Å². The molecule has 1 aromatic carbocycles. The SMILES string of the molecule is CC(C)(C)S(=O)CC(=O)c1ccc([N+](=O)[O-])cc1. The Bertz CT molecular complexity index is 488. The first-order chi connectivity index (χ1) is 8.21. The Balaban J connectivity index is 2.80. The molecule has 1 atom stereocenters. The summed E-state index contributed by atoms with van der Waals surface area (Å²) >= 11 is 0. The Morgan fingerprint density at radius 1 is 1.28 bits per heavy atom. The molecule has 18 heavy (non-hydrogen) atoms. The predicted octanol–water partition coefficient (Wildman–Crippen LogP) is 2.32. The van der Waals surface area contributed by atoms with Crippen molar-refractivity contribution in [3.8, 4) is 0 Å². The zero-order valence-corrected chi connectivity index (χ0v) is 11.3. The largest absolute Gasteiger partial charge is 0.293 e. The van der Waals surface area contributed by atoms with Crippen molar-refractivity contribution in [2.45, 2.75) is 25.5 Å². The quantitative estimate of drug-likeness (QED) is 0.477. The summed E-state index contributed by atoms with van der Waals surface area (Å²) in [6.07, 6.45) is 0. The van der Waals surface area contributed by atoms with Gasteiger partial charge in [-0.05, 0) is 32.9 Å². The molecule has 0 aliphatic rings. The van der Waals surface area contributed by atoms with Gasteiger partial charge in [0.25, 0.3) is 5.69 Å². The van der Waals surface area contributed by atoms with E-state index in [1.807, 2.05) is 0 Å². The second-order valence-electron chi connectivity index (χ2n) is 4.83. The molecule has 0 radical (unpaired) electrons. The molecule has 0 amide bonds. The van der Waals surface area contributed by atoms with Crippen molar-refractivity contribution in [1.82, 2.24) is 0 Å². The molecule has 0 aromatic heterocycles. The molecular weight excluding hydrogens is 254 g/mol. The van der Waals surface area contributed by atoms with Gasteiger partial charge in [-0.15, -0.1) is 0 Å². The summed E-state index contributed by atoms with van der Waals surface area (Å²) < 4.78 is 11.4. The van der Waals surface area contributed by atoms with Crippen LogP contribution in [0.5, 0.6) is 0 Å². The lowest BCUT2D eigenvalue weighted by Crippen LogP contribution is -2.27. The van der Waals surface area contributed by atoms with Crippen molar-refractivity contribution in [3.05, 3.63) is 39.9 Å². The number of nitro groups is 1. The van der Waals surface area contributed by atoms with Crippen LogP contribution in [0.4, 0.5) is 5.69 Å². The van der Waals surface area contributed by atoms with Crippen LogP contribution in [-0.2, 0) is 10.8 Å². The Morgan fingerprint density at radius 2 is 1.78 bits per heavy atom. The third kappa shape index (κ3) is 3.73. The minimum atomic E-state index is -1.27. The summed E-state index contributed by atoms with van der Waals surface area (Å²) in [5.41, 5.74) is 0.279. The molecule has 0 spiro atoms. The van der Waals surface area contributed by atoms with Crippen molar-refractivity contribution in [2.24, 2.45) is 0 Å². The molecule has 0 saturated heterocycles. The number of hydrogen-bond donors (Lipinski definition) is 0. The molecule has 0 bridgehead atoms. The van der Waals surface area contributed by atoms with E-state index in [1.54, 1.807) is 20.8 Å². The molecule has 5 nitrogen and oxygen atoms in total. The van der Waals surface area contributed by atoms with Crippen molar-refractivity contribution >= 4 is 22.3 Å². The third-order valence-corrected chi connectivity index (χ3v) is 4.24. The first-order valence-electron chi connectivity index (χ1n) is 5.38. The van der Waals surface area contributed by atoms with Gasteiger partial charge in [0.15, 0.2) is 5.78 Å². The average Bonchev–Trinajstić information content (AvgIpc) is 2.27. The van der Waals surface area contributed by atoms with Gasteiger partial charge < -0.3 is 0 Å². The number of nitrogens with zero attached hydrogens (tertiary/aromatic N) is 1. The maximum absolute atomic E-state index is 11.8. The molecule has 0 fully saturated rings. The molecule has 1 rings (SSSR count). The average molecular weight is 269 g/mol. The van der Waals surface area contributed by atoms with Crippen molar-refractivity contribution in [2.75, 3.05) is 5.75 Å². The zero-order valence-electron chi connectivity index (χ0n) is 10.5. The number of carbonyl (C=O) groups excluding carboxylic acids is 1. The van der Waals surface area contributed by atoms with Crippen LogP contribution < -0.4 is 0 Å². The van der Waals surface area contributed by atoms with Gasteiger partial charge in [-0.25, -0.2) is 0 Å². The van der Waals surface area contributed by atoms with E-state index in [0.29, 0.717) is 5.56 Å². The normalized spacial score (nSPS) is 13.1. The number of nitro benzene ring substituents is 1. The first-order valence-corrected chi connectivity index (χ1v) is 6.70. The fraction of sp³-hybridized carbons (Fsp3) is 0.417. The fourth-order valence-electron chi connectivity index (χ4n) is 1.19. The minimum absolute atomic E-state index is 0.0662. The third-order valence-electron chi connectivity index (χ3n) is 2.35. The van der Waals surface area contributed by atoms with E-state index in [9.17, 15) is 19.1 Å². The lowest BCUT2D eigenvalue weighted by molar-refractivity contribution is -0.384. The Kier molecular flexibility index (Phi) is 4.34. The smallest absolute Gasteiger partial charge is 0.269 e. The first kappa shape index (κ1) is 14.5. The molecule has 0 N–H and O–H groups in total. The molecular formula is C12H15NO4S. The van der Waals surface area contributed by atoms with E-state index >= 15 is 0 Å². The maximum Gasteiger partial charge on any atom is 0.269 e. The highest BCUT2D eigenvalue weighted by atomic mass is 32.2. The number of hydrogen-bond acceptors (Lipinski definition) is 4. The molecule has 1 aromatic rings. The fourth-order valence-corrected chi connectivity index (χ4v) is 2.03. The van der Waals surface area contributed by atoms with E-state index < -0.39 is 20.5 Å². The molecule has 0 aliphatic carbocycles.